The molecule has 0 saturated heterocycles. The van der Waals surface area contributed by atoms with Gasteiger partial charge in [-0.2, -0.15) is 5.10 Å². The molecule has 0 aliphatic rings. The van der Waals surface area contributed by atoms with Crippen LogP contribution < -0.4 is 0 Å². The number of rotatable bonds is 6. The Bertz CT molecular complexity index is 839. The average Bonchev–Trinajstić information content (AvgIpc) is 3.09. The fourth-order valence-electron chi connectivity index (χ4n) is 2.84. The molecule has 0 bridgehead atoms. The molecule has 0 fully saturated rings. The number of aromatic nitrogens is 2. The maximum Gasteiger partial charge on any atom is 0.222 e. The van der Waals surface area contributed by atoms with Crippen LogP contribution >= 0.6 is 0 Å². The lowest BCUT2D eigenvalue weighted by Gasteiger charge is -2.16. The van der Waals surface area contributed by atoms with Crippen molar-refractivity contribution in [3.05, 3.63) is 83.7 Å². The molecule has 2 aromatic carbocycles. The van der Waals surface area contributed by atoms with Crippen LogP contribution in [-0.4, -0.2) is 27.6 Å². The molecule has 4 heteroatoms. The zero-order chi connectivity index (χ0) is 17.6. The summed E-state index contributed by atoms with van der Waals surface area (Å²) in [4.78, 5) is 14.1. The third-order valence-electron chi connectivity index (χ3n) is 4.21. The number of benzene rings is 2. The number of aryl methyl sites for hydroxylation is 2. The van der Waals surface area contributed by atoms with Crippen LogP contribution in [-0.2, 0) is 17.8 Å². The van der Waals surface area contributed by atoms with Crippen molar-refractivity contribution in [2.75, 3.05) is 7.05 Å². The number of carbonyl (C=O) groups is 1. The predicted octanol–water partition coefficient (Wildman–Crippen LogP) is 3.77. The summed E-state index contributed by atoms with van der Waals surface area (Å²) in [5, 5.41) is 4.38. The van der Waals surface area contributed by atoms with Crippen molar-refractivity contribution >= 4 is 5.91 Å². The Hall–Kier alpha value is -2.88. The highest BCUT2D eigenvalue weighted by Gasteiger charge is 2.11. The number of para-hydroxylation sites is 1. The summed E-state index contributed by atoms with van der Waals surface area (Å²) in [6, 6.07) is 18.3. The molecule has 1 amide bonds. The highest BCUT2D eigenvalue weighted by molar-refractivity contribution is 5.76. The van der Waals surface area contributed by atoms with E-state index in [-0.39, 0.29) is 5.91 Å². The molecule has 25 heavy (non-hydrogen) atoms. The van der Waals surface area contributed by atoms with E-state index in [0.717, 1.165) is 17.7 Å². The minimum Gasteiger partial charge on any atom is -0.341 e. The molecule has 1 aromatic heterocycles. The van der Waals surface area contributed by atoms with E-state index in [1.807, 2.05) is 60.5 Å². The van der Waals surface area contributed by atoms with Crippen LogP contribution in [0.4, 0.5) is 0 Å². The SMILES string of the molecule is Cc1cccc(CCC(=O)N(C)Cc2cnn(-c3ccccc3)c2)c1. The quantitative estimate of drug-likeness (QED) is 0.689. The Balaban J connectivity index is 1.56. The monoisotopic (exact) mass is 333 g/mol. The van der Waals surface area contributed by atoms with E-state index in [2.05, 4.69) is 30.2 Å². The van der Waals surface area contributed by atoms with E-state index >= 15 is 0 Å². The lowest BCUT2D eigenvalue weighted by molar-refractivity contribution is -0.130. The van der Waals surface area contributed by atoms with E-state index in [1.165, 1.54) is 11.1 Å². The normalized spacial score (nSPS) is 10.6. The van der Waals surface area contributed by atoms with Gasteiger partial charge in [-0.15, -0.1) is 0 Å². The molecular weight excluding hydrogens is 310 g/mol. The third kappa shape index (κ3) is 4.57. The first-order valence-corrected chi connectivity index (χ1v) is 8.50. The summed E-state index contributed by atoms with van der Waals surface area (Å²) in [5.41, 5.74) is 4.47. The topological polar surface area (TPSA) is 38.1 Å². The first kappa shape index (κ1) is 17.0. The van der Waals surface area contributed by atoms with Crippen molar-refractivity contribution in [2.24, 2.45) is 0 Å². The Morgan fingerprint density at radius 2 is 1.88 bits per heavy atom. The van der Waals surface area contributed by atoms with Gasteiger partial charge in [-0.3, -0.25) is 4.79 Å². The third-order valence-corrected chi connectivity index (χ3v) is 4.21. The largest absolute Gasteiger partial charge is 0.341 e. The Morgan fingerprint density at radius 1 is 1.08 bits per heavy atom. The summed E-state index contributed by atoms with van der Waals surface area (Å²) < 4.78 is 1.83. The number of hydrogen-bond donors (Lipinski definition) is 0. The van der Waals surface area contributed by atoms with Crippen molar-refractivity contribution in [3.63, 3.8) is 0 Å². The molecule has 3 rings (SSSR count). The highest BCUT2D eigenvalue weighted by atomic mass is 16.2. The van der Waals surface area contributed by atoms with Gasteiger partial charge in [0, 0.05) is 31.8 Å². The minimum absolute atomic E-state index is 0.147. The van der Waals surface area contributed by atoms with Crippen molar-refractivity contribution in [1.82, 2.24) is 14.7 Å². The van der Waals surface area contributed by atoms with Crippen LogP contribution in [0.1, 0.15) is 23.1 Å². The number of amides is 1. The van der Waals surface area contributed by atoms with Crippen LogP contribution in [0.25, 0.3) is 5.69 Å². The van der Waals surface area contributed by atoms with Gasteiger partial charge < -0.3 is 4.90 Å². The summed E-state index contributed by atoms with van der Waals surface area (Å²) in [6.45, 7) is 2.64. The van der Waals surface area contributed by atoms with E-state index in [4.69, 9.17) is 0 Å². The maximum absolute atomic E-state index is 12.4. The average molecular weight is 333 g/mol. The van der Waals surface area contributed by atoms with Gasteiger partial charge in [-0.05, 0) is 31.0 Å². The summed E-state index contributed by atoms with van der Waals surface area (Å²) in [6.07, 6.45) is 5.08. The lowest BCUT2D eigenvalue weighted by atomic mass is 10.1. The van der Waals surface area contributed by atoms with Gasteiger partial charge >= 0.3 is 0 Å². The lowest BCUT2D eigenvalue weighted by Crippen LogP contribution is -2.26. The van der Waals surface area contributed by atoms with Crippen LogP contribution in [0.3, 0.4) is 0 Å². The van der Waals surface area contributed by atoms with E-state index in [0.29, 0.717) is 13.0 Å². The Labute approximate surface area is 148 Å². The van der Waals surface area contributed by atoms with Crippen LogP contribution in [0.15, 0.2) is 67.0 Å². The molecule has 0 saturated carbocycles. The molecule has 0 atom stereocenters. The van der Waals surface area contributed by atoms with Crippen LogP contribution in [0.2, 0.25) is 0 Å². The van der Waals surface area contributed by atoms with Crippen molar-refractivity contribution in [2.45, 2.75) is 26.3 Å². The van der Waals surface area contributed by atoms with Crippen LogP contribution in [0, 0.1) is 6.92 Å². The number of carbonyl (C=O) groups excluding carboxylic acids is 1. The molecule has 128 valence electrons. The fraction of sp³-hybridized carbons (Fsp3) is 0.238. The second-order valence-electron chi connectivity index (χ2n) is 6.37. The molecule has 4 nitrogen and oxygen atoms in total. The number of nitrogens with zero attached hydrogens (tertiary/aromatic N) is 3. The maximum atomic E-state index is 12.4. The van der Waals surface area contributed by atoms with E-state index < -0.39 is 0 Å². The highest BCUT2D eigenvalue weighted by Crippen LogP contribution is 2.11. The number of hydrogen-bond acceptors (Lipinski definition) is 2. The second-order valence-corrected chi connectivity index (χ2v) is 6.37. The van der Waals surface area contributed by atoms with E-state index in [9.17, 15) is 4.79 Å². The van der Waals surface area contributed by atoms with Gasteiger partial charge in [-0.25, -0.2) is 4.68 Å². The molecule has 0 N–H and O–H groups in total. The molecule has 3 aromatic rings. The molecule has 0 aliphatic carbocycles. The van der Waals surface area contributed by atoms with Gasteiger partial charge in [-0.1, -0.05) is 48.0 Å². The van der Waals surface area contributed by atoms with Gasteiger partial charge in [0.25, 0.3) is 0 Å². The van der Waals surface area contributed by atoms with Gasteiger partial charge in [0.1, 0.15) is 0 Å². The fourth-order valence-corrected chi connectivity index (χ4v) is 2.84. The van der Waals surface area contributed by atoms with Crippen LogP contribution in [0.5, 0.6) is 0 Å². The van der Waals surface area contributed by atoms with Gasteiger partial charge in [0.05, 0.1) is 11.9 Å². The molecule has 0 spiro atoms. The summed E-state index contributed by atoms with van der Waals surface area (Å²) >= 11 is 0. The standard InChI is InChI=1S/C21H23N3O/c1-17-7-6-8-18(13-17)11-12-21(25)23(2)15-19-14-22-24(16-19)20-9-4-3-5-10-20/h3-10,13-14,16H,11-12,15H2,1-2H3. The summed E-state index contributed by atoms with van der Waals surface area (Å²) in [5.74, 6) is 0.147. The first-order chi connectivity index (χ1) is 12.1. The van der Waals surface area contributed by atoms with Gasteiger partial charge in [0.2, 0.25) is 5.91 Å². The van der Waals surface area contributed by atoms with Crippen molar-refractivity contribution in [1.29, 1.82) is 0 Å². The zero-order valence-corrected chi connectivity index (χ0v) is 14.7. The Morgan fingerprint density at radius 3 is 2.64 bits per heavy atom. The smallest absolute Gasteiger partial charge is 0.222 e. The summed E-state index contributed by atoms with van der Waals surface area (Å²) in [7, 11) is 1.85. The first-order valence-electron chi connectivity index (χ1n) is 8.50. The van der Waals surface area contributed by atoms with Crippen molar-refractivity contribution < 1.29 is 4.79 Å². The molecule has 1 heterocycles. The second kappa shape index (κ2) is 7.79. The zero-order valence-electron chi connectivity index (χ0n) is 14.7. The molecule has 0 aliphatic heterocycles. The Kier molecular flexibility index (Phi) is 5.29. The molecule has 0 radical (unpaired) electrons. The van der Waals surface area contributed by atoms with E-state index in [1.54, 1.807) is 4.90 Å². The molecule has 0 unspecified atom stereocenters. The van der Waals surface area contributed by atoms with Crippen molar-refractivity contribution in [3.8, 4) is 5.69 Å². The molecular formula is C21H23N3O. The van der Waals surface area contributed by atoms with Gasteiger partial charge in [0.15, 0.2) is 0 Å². The predicted molar refractivity (Wildman–Crippen MR) is 99.5 cm³/mol. The minimum atomic E-state index is 0.147.